The second kappa shape index (κ2) is 4.06. The molecular formula is C17H12N2O2. The molecule has 0 bridgehead atoms. The standard InChI is InChI=1S/C17H12N2O2/c1-9-6-7-13-11(8-9)17(21)15(19-13)14-16(20)10-4-2-3-5-12(10)18-14/h2-8,18-19H,1H3/b15-14+. The Labute approximate surface area is 121 Å². The Hall–Kier alpha value is -2.88. The molecule has 0 saturated carbocycles. The van der Waals surface area contributed by atoms with Gasteiger partial charge in [-0.25, -0.2) is 0 Å². The van der Waals surface area contributed by atoms with Crippen LogP contribution in [0, 0.1) is 6.92 Å². The lowest BCUT2D eigenvalue weighted by Gasteiger charge is -2.03. The quantitative estimate of drug-likeness (QED) is 0.726. The van der Waals surface area contributed by atoms with Crippen molar-refractivity contribution in [3.8, 4) is 0 Å². The van der Waals surface area contributed by atoms with Crippen LogP contribution in [0.1, 0.15) is 26.3 Å². The molecule has 102 valence electrons. The maximum absolute atomic E-state index is 12.5. The zero-order valence-corrected chi connectivity index (χ0v) is 11.4. The van der Waals surface area contributed by atoms with Gasteiger partial charge in [-0.05, 0) is 31.2 Å². The number of aryl methyl sites for hydroxylation is 1. The topological polar surface area (TPSA) is 58.2 Å². The van der Waals surface area contributed by atoms with E-state index in [1.807, 2.05) is 43.3 Å². The van der Waals surface area contributed by atoms with Gasteiger partial charge in [0.25, 0.3) is 0 Å². The van der Waals surface area contributed by atoms with Crippen LogP contribution < -0.4 is 10.6 Å². The van der Waals surface area contributed by atoms with Gasteiger partial charge in [-0.2, -0.15) is 0 Å². The average Bonchev–Trinajstić information content (AvgIpc) is 2.98. The van der Waals surface area contributed by atoms with E-state index in [1.54, 1.807) is 6.07 Å². The van der Waals surface area contributed by atoms with Crippen LogP contribution in [0.15, 0.2) is 53.9 Å². The number of nitrogens with one attached hydrogen (secondary N) is 2. The predicted octanol–water partition coefficient (Wildman–Crippen LogP) is 3.12. The molecule has 21 heavy (non-hydrogen) atoms. The number of carbonyl (C=O) groups is 2. The third-order valence-electron chi connectivity index (χ3n) is 3.81. The van der Waals surface area contributed by atoms with Crippen molar-refractivity contribution < 1.29 is 9.59 Å². The molecule has 0 fully saturated rings. The first kappa shape index (κ1) is 11.9. The molecule has 2 aromatic carbocycles. The summed E-state index contributed by atoms with van der Waals surface area (Å²) in [6.07, 6.45) is 0. The highest BCUT2D eigenvalue weighted by atomic mass is 16.1. The van der Waals surface area contributed by atoms with E-state index in [-0.39, 0.29) is 11.6 Å². The van der Waals surface area contributed by atoms with E-state index in [0.29, 0.717) is 22.5 Å². The molecule has 0 radical (unpaired) electrons. The number of benzene rings is 2. The number of hydrogen-bond donors (Lipinski definition) is 2. The van der Waals surface area contributed by atoms with E-state index in [2.05, 4.69) is 10.6 Å². The molecule has 0 saturated heterocycles. The van der Waals surface area contributed by atoms with E-state index in [9.17, 15) is 9.59 Å². The van der Waals surface area contributed by atoms with Crippen molar-refractivity contribution in [1.29, 1.82) is 0 Å². The Balaban J connectivity index is 1.83. The number of fused-ring (bicyclic) bond motifs is 2. The van der Waals surface area contributed by atoms with Gasteiger partial charge in [0.15, 0.2) is 0 Å². The fourth-order valence-corrected chi connectivity index (χ4v) is 2.75. The van der Waals surface area contributed by atoms with Crippen molar-refractivity contribution in [2.75, 3.05) is 10.6 Å². The van der Waals surface area contributed by atoms with Gasteiger partial charge in [0, 0.05) is 22.5 Å². The van der Waals surface area contributed by atoms with Crippen molar-refractivity contribution >= 4 is 22.9 Å². The Kier molecular flexibility index (Phi) is 2.30. The van der Waals surface area contributed by atoms with Gasteiger partial charge in [-0.3, -0.25) is 9.59 Å². The van der Waals surface area contributed by atoms with Crippen LogP contribution in [-0.2, 0) is 0 Å². The first-order chi connectivity index (χ1) is 10.1. The number of anilines is 2. The molecule has 2 heterocycles. The van der Waals surface area contributed by atoms with Crippen molar-refractivity contribution in [3.05, 3.63) is 70.5 Å². The molecule has 0 amide bonds. The predicted molar refractivity (Wildman–Crippen MR) is 80.6 cm³/mol. The molecule has 0 atom stereocenters. The largest absolute Gasteiger partial charge is 0.350 e. The van der Waals surface area contributed by atoms with Crippen molar-refractivity contribution in [1.82, 2.24) is 0 Å². The molecule has 2 N–H and O–H groups in total. The summed E-state index contributed by atoms with van der Waals surface area (Å²) in [7, 11) is 0. The highest BCUT2D eigenvalue weighted by Gasteiger charge is 2.34. The average molecular weight is 276 g/mol. The second-order valence-corrected chi connectivity index (χ2v) is 5.25. The molecule has 4 heteroatoms. The van der Waals surface area contributed by atoms with Crippen LogP contribution in [0.3, 0.4) is 0 Å². The smallest absolute Gasteiger partial charge is 0.213 e. The normalized spacial score (nSPS) is 19.1. The summed E-state index contributed by atoms with van der Waals surface area (Å²) >= 11 is 0. The van der Waals surface area contributed by atoms with E-state index < -0.39 is 0 Å². The number of allylic oxidation sites excluding steroid dienone is 2. The molecule has 2 aromatic rings. The molecule has 2 aliphatic rings. The Morgan fingerprint density at radius 3 is 2.10 bits per heavy atom. The zero-order chi connectivity index (χ0) is 14.6. The van der Waals surface area contributed by atoms with Gasteiger partial charge < -0.3 is 10.6 Å². The Morgan fingerprint density at radius 1 is 0.762 bits per heavy atom. The number of rotatable bonds is 0. The minimum Gasteiger partial charge on any atom is -0.350 e. The summed E-state index contributed by atoms with van der Waals surface area (Å²) in [5.74, 6) is -0.289. The number of ketones is 2. The molecule has 2 aliphatic heterocycles. The van der Waals surface area contributed by atoms with Gasteiger partial charge in [0.1, 0.15) is 11.4 Å². The molecule has 0 aliphatic carbocycles. The first-order valence-electron chi connectivity index (χ1n) is 6.72. The lowest BCUT2D eigenvalue weighted by atomic mass is 10.1. The maximum Gasteiger partial charge on any atom is 0.213 e. The molecule has 0 aromatic heterocycles. The highest BCUT2D eigenvalue weighted by molar-refractivity contribution is 6.27. The minimum atomic E-state index is -0.147. The van der Waals surface area contributed by atoms with Gasteiger partial charge in [0.05, 0.1) is 0 Å². The van der Waals surface area contributed by atoms with Crippen LogP contribution in [-0.4, -0.2) is 11.6 Å². The van der Waals surface area contributed by atoms with Crippen LogP contribution in [0.2, 0.25) is 0 Å². The summed E-state index contributed by atoms with van der Waals surface area (Å²) < 4.78 is 0. The molecule has 4 nitrogen and oxygen atoms in total. The van der Waals surface area contributed by atoms with Crippen LogP contribution >= 0.6 is 0 Å². The molecular weight excluding hydrogens is 264 g/mol. The van der Waals surface area contributed by atoms with Gasteiger partial charge >= 0.3 is 0 Å². The summed E-state index contributed by atoms with van der Waals surface area (Å²) in [6.45, 7) is 1.94. The van der Waals surface area contributed by atoms with Crippen molar-refractivity contribution in [3.63, 3.8) is 0 Å². The van der Waals surface area contributed by atoms with Crippen molar-refractivity contribution in [2.45, 2.75) is 6.92 Å². The summed E-state index contributed by atoms with van der Waals surface area (Å²) in [5.41, 5.74) is 4.38. The van der Waals surface area contributed by atoms with E-state index in [0.717, 1.165) is 16.9 Å². The van der Waals surface area contributed by atoms with E-state index >= 15 is 0 Å². The zero-order valence-electron chi connectivity index (χ0n) is 11.4. The number of hydrogen-bond acceptors (Lipinski definition) is 4. The Bertz CT molecular complexity index is 850. The molecule has 4 rings (SSSR count). The lowest BCUT2D eigenvalue weighted by Crippen LogP contribution is -2.13. The first-order valence-corrected chi connectivity index (χ1v) is 6.72. The number of Topliss-reactive ketones (excluding diaryl/α,β-unsaturated/α-hetero) is 2. The fraction of sp³-hybridized carbons (Fsp3) is 0.0588. The van der Waals surface area contributed by atoms with E-state index in [1.165, 1.54) is 0 Å². The maximum atomic E-state index is 12.5. The van der Waals surface area contributed by atoms with Gasteiger partial charge in [0.2, 0.25) is 11.6 Å². The van der Waals surface area contributed by atoms with Crippen molar-refractivity contribution in [2.24, 2.45) is 0 Å². The highest BCUT2D eigenvalue weighted by Crippen LogP contribution is 2.35. The van der Waals surface area contributed by atoms with E-state index in [4.69, 9.17) is 0 Å². The molecule has 0 unspecified atom stereocenters. The Morgan fingerprint density at radius 2 is 1.38 bits per heavy atom. The summed E-state index contributed by atoms with van der Waals surface area (Å²) in [6, 6.07) is 12.9. The lowest BCUT2D eigenvalue weighted by molar-refractivity contribution is 0.101. The van der Waals surface area contributed by atoms with Gasteiger partial charge in [-0.15, -0.1) is 0 Å². The fourth-order valence-electron chi connectivity index (χ4n) is 2.75. The van der Waals surface area contributed by atoms with Gasteiger partial charge in [-0.1, -0.05) is 23.8 Å². The minimum absolute atomic E-state index is 0.141. The second-order valence-electron chi connectivity index (χ2n) is 5.25. The molecule has 0 spiro atoms. The third-order valence-corrected chi connectivity index (χ3v) is 3.81. The van der Waals surface area contributed by atoms with Crippen LogP contribution in [0.25, 0.3) is 0 Å². The monoisotopic (exact) mass is 276 g/mol. The van der Waals surface area contributed by atoms with Crippen LogP contribution in [0.5, 0.6) is 0 Å². The van der Waals surface area contributed by atoms with Crippen LogP contribution in [0.4, 0.5) is 11.4 Å². The SMILES string of the molecule is Cc1ccc2c(c1)C(=O)/C(=C1\Nc3ccccc3C1=O)N2. The summed E-state index contributed by atoms with van der Waals surface area (Å²) in [5, 5.41) is 6.12. The number of para-hydroxylation sites is 1. The summed E-state index contributed by atoms with van der Waals surface area (Å²) in [4.78, 5) is 25.0. The number of carbonyl (C=O) groups excluding carboxylic acids is 2. The third kappa shape index (κ3) is 1.62.